The van der Waals surface area contributed by atoms with Crippen molar-refractivity contribution in [1.29, 1.82) is 0 Å². The van der Waals surface area contributed by atoms with Crippen LogP contribution < -0.4 is 0 Å². The van der Waals surface area contributed by atoms with Gasteiger partial charge in [-0.05, 0) is 30.4 Å². The smallest absolute Gasteiger partial charge is 0.247 e. The van der Waals surface area contributed by atoms with Gasteiger partial charge in [-0.3, -0.25) is 4.79 Å². The summed E-state index contributed by atoms with van der Waals surface area (Å²) in [5.74, 6) is -0.201. The Bertz CT molecular complexity index is 825. The van der Waals surface area contributed by atoms with Gasteiger partial charge in [0.1, 0.15) is 6.04 Å². The van der Waals surface area contributed by atoms with Crippen molar-refractivity contribution in [3.8, 4) is 0 Å². The van der Waals surface area contributed by atoms with Gasteiger partial charge in [0.2, 0.25) is 5.91 Å². The second-order valence-electron chi connectivity index (χ2n) is 5.81. The van der Waals surface area contributed by atoms with Crippen molar-refractivity contribution in [3.05, 3.63) is 33.8 Å². The molecule has 0 bridgehead atoms. The Morgan fingerprint density at radius 1 is 1.48 bits per heavy atom. The van der Waals surface area contributed by atoms with Gasteiger partial charge < -0.3 is 4.90 Å². The summed E-state index contributed by atoms with van der Waals surface area (Å²) in [6.45, 7) is 3.07. The number of fused-ring (bicyclic) bond motifs is 1. The molecule has 0 saturated heterocycles. The van der Waals surface area contributed by atoms with E-state index < -0.39 is 15.9 Å². The van der Waals surface area contributed by atoms with Crippen LogP contribution in [0.1, 0.15) is 29.1 Å². The molecule has 0 N–H and O–H groups in total. The Labute approximate surface area is 138 Å². The van der Waals surface area contributed by atoms with E-state index >= 15 is 0 Å². The highest BCUT2D eigenvalue weighted by molar-refractivity contribution is 7.89. The van der Waals surface area contributed by atoms with Crippen LogP contribution in [0.5, 0.6) is 0 Å². The van der Waals surface area contributed by atoms with Gasteiger partial charge >= 0.3 is 0 Å². The van der Waals surface area contributed by atoms with E-state index in [1.54, 1.807) is 18.3 Å². The fraction of sp³-hybridized carbons (Fsp3) is 0.500. The van der Waals surface area contributed by atoms with Crippen LogP contribution >= 0.6 is 11.3 Å². The summed E-state index contributed by atoms with van der Waals surface area (Å²) in [6.07, 6.45) is 3.55. The Morgan fingerprint density at radius 3 is 3.00 bits per heavy atom. The summed E-state index contributed by atoms with van der Waals surface area (Å²) in [5, 5.41) is 9.80. The fourth-order valence-corrected chi connectivity index (χ4v) is 4.21. The molecule has 7 nitrogen and oxygen atoms in total. The summed E-state index contributed by atoms with van der Waals surface area (Å²) >= 11 is 1.73. The maximum Gasteiger partial charge on any atom is 0.247 e. The van der Waals surface area contributed by atoms with E-state index in [2.05, 4.69) is 21.8 Å². The first-order valence-electron chi connectivity index (χ1n) is 7.26. The summed E-state index contributed by atoms with van der Waals surface area (Å²) in [5.41, 5.74) is 1.56. The minimum absolute atomic E-state index is 0.0299. The van der Waals surface area contributed by atoms with E-state index in [0.717, 1.165) is 12.7 Å². The van der Waals surface area contributed by atoms with Crippen LogP contribution in [0.2, 0.25) is 0 Å². The summed E-state index contributed by atoms with van der Waals surface area (Å²) in [7, 11) is -3.17. The zero-order valence-corrected chi connectivity index (χ0v) is 14.6. The molecule has 0 saturated carbocycles. The number of hydrogen-bond acceptors (Lipinski definition) is 6. The molecule has 2 aromatic heterocycles. The van der Waals surface area contributed by atoms with Crippen molar-refractivity contribution in [2.24, 2.45) is 0 Å². The molecule has 0 spiro atoms. The van der Waals surface area contributed by atoms with Crippen molar-refractivity contribution in [1.82, 2.24) is 19.9 Å². The highest BCUT2D eigenvalue weighted by Crippen LogP contribution is 2.25. The van der Waals surface area contributed by atoms with Crippen LogP contribution in [-0.4, -0.2) is 47.0 Å². The van der Waals surface area contributed by atoms with Gasteiger partial charge in [-0.1, -0.05) is 5.21 Å². The number of rotatable bonds is 4. The Balaban J connectivity index is 1.71. The second-order valence-corrected chi connectivity index (χ2v) is 8.96. The van der Waals surface area contributed by atoms with Crippen molar-refractivity contribution in [3.63, 3.8) is 0 Å². The Kier molecular flexibility index (Phi) is 4.24. The lowest BCUT2D eigenvalue weighted by Crippen LogP contribution is -2.39. The molecular weight excluding hydrogens is 336 g/mol. The van der Waals surface area contributed by atoms with Crippen LogP contribution in [0, 0.1) is 0 Å². The normalized spacial score (nSPS) is 16.2. The summed E-state index contributed by atoms with van der Waals surface area (Å²) < 4.78 is 24.0. The molecule has 0 fully saturated rings. The predicted molar refractivity (Wildman–Crippen MR) is 86.7 cm³/mol. The molecular formula is C14H18N4O3S2. The molecule has 3 heterocycles. The van der Waals surface area contributed by atoms with Crippen LogP contribution in [0.15, 0.2) is 17.6 Å². The van der Waals surface area contributed by atoms with Gasteiger partial charge in [0.15, 0.2) is 9.84 Å². The van der Waals surface area contributed by atoms with Crippen molar-refractivity contribution >= 4 is 27.1 Å². The largest absolute Gasteiger partial charge is 0.336 e. The molecule has 2 aromatic rings. The second kappa shape index (κ2) is 6.04. The van der Waals surface area contributed by atoms with E-state index in [1.807, 2.05) is 4.90 Å². The minimum atomic E-state index is -3.17. The number of nitrogens with zero attached hydrogens (tertiary/aromatic N) is 4. The lowest BCUT2D eigenvalue weighted by atomic mass is 10.1. The molecule has 1 unspecified atom stereocenters. The molecule has 0 aliphatic carbocycles. The topological polar surface area (TPSA) is 85.2 Å². The average molecular weight is 354 g/mol. The maximum atomic E-state index is 12.6. The number of aromatic nitrogens is 3. The first kappa shape index (κ1) is 16.1. The van der Waals surface area contributed by atoms with E-state index in [0.29, 0.717) is 18.8 Å². The Hall–Kier alpha value is -1.74. The molecule has 9 heteroatoms. The zero-order chi connectivity index (χ0) is 16.6. The van der Waals surface area contributed by atoms with Gasteiger partial charge in [-0.2, -0.15) is 0 Å². The van der Waals surface area contributed by atoms with Crippen molar-refractivity contribution < 1.29 is 13.2 Å². The van der Waals surface area contributed by atoms with Crippen LogP contribution in [0.25, 0.3) is 0 Å². The molecule has 3 rings (SSSR count). The summed E-state index contributed by atoms with van der Waals surface area (Å²) in [6, 6.07) is 1.56. The first-order valence-corrected chi connectivity index (χ1v) is 10.2. The third kappa shape index (κ3) is 3.61. The van der Waals surface area contributed by atoms with Crippen LogP contribution in [0.3, 0.4) is 0 Å². The average Bonchev–Trinajstić information content (AvgIpc) is 3.11. The third-order valence-corrected chi connectivity index (χ3v) is 5.68. The van der Waals surface area contributed by atoms with Gasteiger partial charge in [-0.25, -0.2) is 13.1 Å². The molecule has 1 aliphatic heterocycles. The zero-order valence-electron chi connectivity index (χ0n) is 13.0. The number of thiophene rings is 1. The summed E-state index contributed by atoms with van der Waals surface area (Å²) in [4.78, 5) is 15.8. The van der Waals surface area contributed by atoms with E-state index in [4.69, 9.17) is 0 Å². The lowest BCUT2D eigenvalue weighted by Gasteiger charge is -2.29. The van der Waals surface area contributed by atoms with Gasteiger partial charge in [0, 0.05) is 24.2 Å². The Morgan fingerprint density at radius 2 is 2.26 bits per heavy atom. The lowest BCUT2D eigenvalue weighted by molar-refractivity contribution is -0.135. The molecule has 124 valence electrons. The van der Waals surface area contributed by atoms with Gasteiger partial charge in [0.05, 0.1) is 17.6 Å². The third-order valence-electron chi connectivity index (χ3n) is 3.84. The minimum Gasteiger partial charge on any atom is -0.336 e. The molecule has 1 aliphatic rings. The monoisotopic (exact) mass is 354 g/mol. The molecule has 1 atom stereocenters. The number of amides is 1. The standard InChI is InChI=1S/C14H18N4O3S2/c1-10(18-8-12(15-16-18)9-23(2,20)21)14(19)17-5-3-13-11(7-17)4-6-22-13/h4,6,8,10H,3,5,7,9H2,1-2H3. The predicted octanol–water partition coefficient (Wildman–Crippen LogP) is 1.03. The van der Waals surface area contributed by atoms with Gasteiger partial charge in [-0.15, -0.1) is 16.4 Å². The number of hydrogen-bond donors (Lipinski definition) is 0. The molecule has 0 radical (unpaired) electrons. The van der Waals surface area contributed by atoms with Crippen molar-refractivity contribution in [2.45, 2.75) is 31.7 Å². The van der Waals surface area contributed by atoms with Crippen LogP contribution in [-0.2, 0) is 33.4 Å². The van der Waals surface area contributed by atoms with E-state index in [-0.39, 0.29) is 11.7 Å². The first-order chi connectivity index (χ1) is 10.8. The maximum absolute atomic E-state index is 12.6. The quantitative estimate of drug-likeness (QED) is 0.819. The van der Waals surface area contributed by atoms with Crippen molar-refractivity contribution in [2.75, 3.05) is 12.8 Å². The van der Waals surface area contributed by atoms with E-state index in [1.165, 1.54) is 21.3 Å². The molecule has 1 amide bonds. The SMILES string of the molecule is CC(C(=O)N1CCc2sccc2C1)n1cc(CS(C)(=O)=O)nn1. The van der Waals surface area contributed by atoms with E-state index in [9.17, 15) is 13.2 Å². The van der Waals surface area contributed by atoms with Gasteiger partial charge in [0.25, 0.3) is 0 Å². The molecule has 23 heavy (non-hydrogen) atoms. The van der Waals surface area contributed by atoms with Crippen LogP contribution in [0.4, 0.5) is 0 Å². The number of sulfone groups is 1. The highest BCUT2D eigenvalue weighted by Gasteiger charge is 2.27. The highest BCUT2D eigenvalue weighted by atomic mass is 32.2. The number of carbonyl (C=O) groups excluding carboxylic acids is 1. The number of carbonyl (C=O) groups is 1. The molecule has 0 aromatic carbocycles. The fourth-order valence-electron chi connectivity index (χ4n) is 2.65.